The normalized spacial score (nSPS) is 22.3. The number of aromatic nitrogens is 2. The lowest BCUT2D eigenvalue weighted by atomic mass is 9.79. The molecule has 2 saturated heterocycles. The molecule has 1 N–H and O–H groups in total. The van der Waals surface area contributed by atoms with Crippen LogP contribution in [0.5, 0.6) is 5.75 Å². The van der Waals surface area contributed by atoms with E-state index in [0.29, 0.717) is 52.4 Å². The Morgan fingerprint density at radius 1 is 1.28 bits per heavy atom. The van der Waals surface area contributed by atoms with Crippen LogP contribution in [0.1, 0.15) is 32.3 Å². The summed E-state index contributed by atoms with van der Waals surface area (Å²) in [6, 6.07) is 8.87. The van der Waals surface area contributed by atoms with Crippen molar-refractivity contribution in [3.63, 3.8) is 0 Å². The Hall–Kier alpha value is -3.46. The summed E-state index contributed by atoms with van der Waals surface area (Å²) >= 11 is 0. The fraction of sp³-hybridized carbons (Fsp3) is 0.444. The molecule has 2 atom stereocenters. The van der Waals surface area contributed by atoms with Crippen molar-refractivity contribution < 1.29 is 18.7 Å². The fourth-order valence-corrected chi connectivity index (χ4v) is 5.46. The van der Waals surface area contributed by atoms with Gasteiger partial charge < -0.3 is 19.7 Å². The third-order valence-corrected chi connectivity index (χ3v) is 7.56. The molecule has 1 amide bonds. The molecular weight excluding hydrogens is 461 g/mol. The van der Waals surface area contributed by atoms with E-state index in [9.17, 15) is 9.18 Å². The summed E-state index contributed by atoms with van der Waals surface area (Å²) in [4.78, 5) is 25.9. The number of hydrogen-bond donors (Lipinski definition) is 1. The van der Waals surface area contributed by atoms with Crippen LogP contribution < -0.4 is 15.0 Å². The lowest BCUT2D eigenvalue weighted by Crippen LogP contribution is -2.53. The maximum Gasteiger partial charge on any atom is 0.415 e. The smallest absolute Gasteiger partial charge is 0.415 e. The molecule has 0 radical (unpaired) electrons. The number of fused-ring (bicyclic) bond motifs is 1. The van der Waals surface area contributed by atoms with Crippen LogP contribution in [0, 0.1) is 11.7 Å². The topological polar surface area (TPSA) is 79.8 Å². The number of hydrogen-bond acceptors (Lipinski definition) is 7. The van der Waals surface area contributed by atoms with E-state index in [0.717, 1.165) is 25.9 Å². The van der Waals surface area contributed by atoms with Crippen LogP contribution in [0.2, 0.25) is 0 Å². The zero-order valence-corrected chi connectivity index (χ0v) is 21.2. The van der Waals surface area contributed by atoms with Crippen molar-refractivity contribution in [1.29, 1.82) is 0 Å². The highest BCUT2D eigenvalue weighted by Crippen LogP contribution is 2.44. The highest BCUT2D eigenvalue weighted by molar-refractivity contribution is 6.00. The molecule has 1 aromatic heterocycles. The fourth-order valence-electron chi connectivity index (χ4n) is 5.46. The Kier molecular flexibility index (Phi) is 6.42. The number of piperidine rings is 1. The number of rotatable bonds is 6. The quantitative estimate of drug-likeness (QED) is 0.509. The number of likely N-dealkylation sites (tertiary alicyclic amines) is 1. The summed E-state index contributed by atoms with van der Waals surface area (Å²) in [5.74, 6) is 0.898. The van der Waals surface area contributed by atoms with E-state index in [2.05, 4.69) is 34.2 Å². The number of halogens is 1. The number of aryl methyl sites for hydroxylation is 1. The van der Waals surface area contributed by atoms with E-state index in [1.54, 1.807) is 30.2 Å². The average Bonchev–Trinajstić information content (AvgIpc) is 3.22. The number of carbonyl (C=O) groups excluding carboxylic acids is 1. The lowest BCUT2D eigenvalue weighted by molar-refractivity contribution is -0.0437. The van der Waals surface area contributed by atoms with Gasteiger partial charge in [0, 0.05) is 36.9 Å². The second-order valence-corrected chi connectivity index (χ2v) is 9.66. The molecule has 2 aliphatic heterocycles. The Morgan fingerprint density at radius 2 is 2.11 bits per heavy atom. The van der Waals surface area contributed by atoms with Crippen molar-refractivity contribution in [2.75, 3.05) is 44.0 Å². The van der Waals surface area contributed by atoms with Crippen molar-refractivity contribution in [3.8, 4) is 5.75 Å². The Bertz CT molecular complexity index is 1300. The third kappa shape index (κ3) is 4.11. The predicted octanol–water partition coefficient (Wildman–Crippen LogP) is 5.14. The molecule has 190 valence electrons. The van der Waals surface area contributed by atoms with Gasteiger partial charge in [0.05, 0.1) is 30.5 Å². The molecule has 2 aromatic carbocycles. The largest absolute Gasteiger partial charge is 0.494 e. The zero-order valence-electron chi connectivity index (χ0n) is 21.2. The highest BCUT2D eigenvalue weighted by atomic mass is 19.1. The minimum atomic E-state index is -0.531. The monoisotopic (exact) mass is 493 g/mol. The van der Waals surface area contributed by atoms with Crippen LogP contribution >= 0.6 is 0 Å². The first-order valence-corrected chi connectivity index (χ1v) is 12.4. The van der Waals surface area contributed by atoms with Gasteiger partial charge in [0.1, 0.15) is 29.3 Å². The molecule has 3 aromatic rings. The summed E-state index contributed by atoms with van der Waals surface area (Å²) in [6.45, 7) is 6.26. The van der Waals surface area contributed by atoms with Crippen LogP contribution in [-0.4, -0.2) is 60.4 Å². The molecule has 9 heteroatoms. The van der Waals surface area contributed by atoms with Gasteiger partial charge >= 0.3 is 6.09 Å². The number of methoxy groups -OCH3 is 1. The van der Waals surface area contributed by atoms with Gasteiger partial charge in [-0.3, -0.25) is 4.90 Å². The second kappa shape index (κ2) is 9.54. The van der Waals surface area contributed by atoms with E-state index in [1.165, 1.54) is 6.33 Å². The van der Waals surface area contributed by atoms with Gasteiger partial charge in [0.15, 0.2) is 0 Å². The van der Waals surface area contributed by atoms with E-state index in [4.69, 9.17) is 9.47 Å². The molecule has 0 aliphatic carbocycles. The average molecular weight is 494 g/mol. The maximum absolute atomic E-state index is 15.0. The number of anilines is 3. The number of benzene rings is 2. The molecule has 0 bridgehead atoms. The molecule has 36 heavy (non-hydrogen) atoms. The van der Waals surface area contributed by atoms with Crippen molar-refractivity contribution in [2.24, 2.45) is 5.92 Å². The second-order valence-electron chi connectivity index (χ2n) is 9.66. The Labute approximate surface area is 210 Å². The Balaban J connectivity index is 1.55. The summed E-state index contributed by atoms with van der Waals surface area (Å²) in [5, 5.41) is 3.78. The Morgan fingerprint density at radius 3 is 2.86 bits per heavy atom. The minimum Gasteiger partial charge on any atom is -0.494 e. The number of carbonyl (C=O) groups is 1. The summed E-state index contributed by atoms with van der Waals surface area (Å²) in [5.41, 5.74) is 1.63. The first-order valence-electron chi connectivity index (χ1n) is 12.4. The van der Waals surface area contributed by atoms with Gasteiger partial charge in [0.2, 0.25) is 0 Å². The minimum absolute atomic E-state index is 0.242. The van der Waals surface area contributed by atoms with Crippen LogP contribution in [0.3, 0.4) is 0 Å². The SMILES string of the molecule is CCc1cccc(Nc2ncnc3cc(OC)c(N4CC5(CCN(C)CC5CC)OC4=O)cc23)c1F. The van der Waals surface area contributed by atoms with Crippen molar-refractivity contribution >= 4 is 34.2 Å². The molecule has 0 saturated carbocycles. The molecule has 3 heterocycles. The summed E-state index contributed by atoms with van der Waals surface area (Å²) < 4.78 is 26.7. The standard InChI is InChI=1S/C27H32FN5O3/c1-5-17-8-7-9-20(24(17)28)31-25-19-12-22(23(35-4)13-21(19)29-16-30-25)33-15-27(36-26(33)34)10-11-32(3)14-18(27)6-2/h7-9,12-13,16,18H,5-6,10-11,14-15H2,1-4H3,(H,29,30,31). The van der Waals surface area contributed by atoms with Crippen molar-refractivity contribution in [2.45, 2.75) is 38.7 Å². The third-order valence-electron chi connectivity index (χ3n) is 7.56. The van der Waals surface area contributed by atoms with Gasteiger partial charge in [0.25, 0.3) is 0 Å². The van der Waals surface area contributed by atoms with Gasteiger partial charge in [-0.2, -0.15) is 0 Å². The molecule has 2 unspecified atom stereocenters. The van der Waals surface area contributed by atoms with Crippen LogP contribution in [-0.2, 0) is 11.2 Å². The molecular formula is C27H32FN5O3. The van der Waals surface area contributed by atoms with Crippen LogP contribution in [0.15, 0.2) is 36.7 Å². The molecule has 2 aliphatic rings. The van der Waals surface area contributed by atoms with Crippen LogP contribution in [0.25, 0.3) is 10.9 Å². The molecule has 5 rings (SSSR count). The molecule has 1 spiro atoms. The zero-order chi connectivity index (χ0) is 25.4. The van der Waals surface area contributed by atoms with E-state index in [-0.39, 0.29) is 17.8 Å². The van der Waals surface area contributed by atoms with E-state index >= 15 is 0 Å². The van der Waals surface area contributed by atoms with Gasteiger partial charge in [-0.25, -0.2) is 19.2 Å². The van der Waals surface area contributed by atoms with Crippen molar-refractivity contribution in [1.82, 2.24) is 14.9 Å². The first-order chi connectivity index (χ1) is 17.4. The van der Waals surface area contributed by atoms with Crippen molar-refractivity contribution in [3.05, 3.63) is 48.0 Å². The molecule has 8 nitrogen and oxygen atoms in total. The maximum atomic E-state index is 15.0. The predicted molar refractivity (Wildman–Crippen MR) is 138 cm³/mol. The number of amides is 1. The van der Waals surface area contributed by atoms with Gasteiger partial charge in [-0.15, -0.1) is 0 Å². The highest BCUT2D eigenvalue weighted by Gasteiger charge is 2.52. The van der Waals surface area contributed by atoms with Gasteiger partial charge in [-0.05, 0) is 37.6 Å². The van der Waals surface area contributed by atoms with E-state index < -0.39 is 5.60 Å². The van der Waals surface area contributed by atoms with E-state index in [1.807, 2.05) is 19.1 Å². The summed E-state index contributed by atoms with van der Waals surface area (Å²) in [6.07, 6.45) is 3.33. The first kappa shape index (κ1) is 24.2. The summed E-state index contributed by atoms with van der Waals surface area (Å²) in [7, 11) is 3.67. The molecule has 2 fully saturated rings. The number of nitrogens with zero attached hydrogens (tertiary/aromatic N) is 4. The van der Waals surface area contributed by atoms with Crippen LogP contribution in [0.4, 0.5) is 26.4 Å². The number of ether oxygens (including phenoxy) is 2. The van der Waals surface area contributed by atoms with Gasteiger partial charge in [-0.1, -0.05) is 26.0 Å². The lowest BCUT2D eigenvalue weighted by Gasteiger charge is -2.42. The number of nitrogens with one attached hydrogen (secondary N) is 1.